The molecule has 2 aliphatic heterocycles. The molecule has 6 heteroatoms. The molecule has 0 saturated heterocycles. The van der Waals surface area contributed by atoms with E-state index in [2.05, 4.69) is 11.8 Å². The lowest BCUT2D eigenvalue weighted by molar-refractivity contribution is 0.106. The molecule has 6 nitrogen and oxygen atoms in total. The van der Waals surface area contributed by atoms with Crippen molar-refractivity contribution in [1.29, 1.82) is 0 Å². The highest BCUT2D eigenvalue weighted by Gasteiger charge is 2.34. The summed E-state index contributed by atoms with van der Waals surface area (Å²) in [4.78, 5) is 2.41. The Labute approximate surface area is 178 Å². The fourth-order valence-electron chi connectivity index (χ4n) is 4.47. The quantitative estimate of drug-likeness (QED) is 0.639. The molecule has 0 amide bonds. The first kappa shape index (κ1) is 20.8. The molecule has 0 bridgehead atoms. The van der Waals surface area contributed by atoms with Crippen LogP contribution >= 0.6 is 0 Å². The van der Waals surface area contributed by atoms with E-state index >= 15 is 0 Å². The number of ether oxygens (including phenoxy) is 3. The van der Waals surface area contributed by atoms with Crippen LogP contribution in [0.15, 0.2) is 24.3 Å². The van der Waals surface area contributed by atoms with E-state index in [9.17, 15) is 10.2 Å². The Hall–Kier alpha value is -2.44. The first-order valence-electron chi connectivity index (χ1n) is 10.9. The normalized spacial score (nSPS) is 17.7. The summed E-state index contributed by atoms with van der Waals surface area (Å²) in [5, 5.41) is 20.9. The molecular weight excluding hydrogens is 382 g/mol. The van der Waals surface area contributed by atoms with Crippen molar-refractivity contribution in [2.45, 2.75) is 45.7 Å². The molecule has 0 saturated carbocycles. The van der Waals surface area contributed by atoms with Gasteiger partial charge in [0.1, 0.15) is 6.61 Å². The van der Waals surface area contributed by atoms with Crippen LogP contribution in [0.5, 0.6) is 23.0 Å². The molecule has 30 heavy (non-hydrogen) atoms. The predicted octanol–water partition coefficient (Wildman–Crippen LogP) is 3.96. The smallest absolute Gasteiger partial charge is 0.165 e. The zero-order chi connectivity index (χ0) is 21.1. The van der Waals surface area contributed by atoms with Crippen LogP contribution in [-0.2, 0) is 24.1 Å². The average molecular weight is 414 g/mol. The van der Waals surface area contributed by atoms with E-state index in [4.69, 9.17) is 14.2 Å². The highest BCUT2D eigenvalue weighted by atomic mass is 16.5. The molecule has 0 fully saturated rings. The fraction of sp³-hybridized carbons (Fsp3) is 0.500. The van der Waals surface area contributed by atoms with E-state index in [1.54, 1.807) is 6.07 Å². The fourth-order valence-corrected chi connectivity index (χ4v) is 4.47. The molecule has 2 N–H and O–H groups in total. The molecule has 0 spiro atoms. The topological polar surface area (TPSA) is 71.4 Å². The zero-order valence-electron chi connectivity index (χ0n) is 17.8. The number of nitrogens with zero attached hydrogens (tertiary/aromatic N) is 1. The molecule has 4 rings (SSSR count). The lowest BCUT2D eigenvalue weighted by Gasteiger charge is -2.42. The molecule has 2 aromatic rings. The Morgan fingerprint density at radius 3 is 2.67 bits per heavy atom. The summed E-state index contributed by atoms with van der Waals surface area (Å²) >= 11 is 0. The standard InChI is InChI=1S/C24H31NO5/c1-3-9-29-23-13-17-7-8-25-15-19-16(12-20(25)18(17)14-22(23)27)5-6-21(26)24(19)30-11-10-28-4-2/h5-6,13-14,20,26-27H,3-4,7-12,15H2,1-2H3/t20-/m0/s1. The Balaban J connectivity index is 1.59. The first-order chi connectivity index (χ1) is 14.6. The van der Waals surface area contributed by atoms with Crippen LogP contribution in [0.25, 0.3) is 0 Å². The van der Waals surface area contributed by atoms with Gasteiger partial charge in [-0.3, -0.25) is 4.90 Å². The minimum absolute atomic E-state index is 0.177. The van der Waals surface area contributed by atoms with Crippen molar-refractivity contribution in [3.8, 4) is 23.0 Å². The number of benzene rings is 2. The van der Waals surface area contributed by atoms with Crippen molar-refractivity contribution in [1.82, 2.24) is 4.90 Å². The molecule has 162 valence electrons. The van der Waals surface area contributed by atoms with Crippen LogP contribution in [-0.4, -0.2) is 48.1 Å². The molecule has 0 radical (unpaired) electrons. The molecule has 0 aromatic heterocycles. The van der Waals surface area contributed by atoms with E-state index in [1.165, 1.54) is 16.7 Å². The predicted molar refractivity (Wildman–Crippen MR) is 115 cm³/mol. The van der Waals surface area contributed by atoms with Gasteiger partial charge in [0, 0.05) is 31.3 Å². The van der Waals surface area contributed by atoms with Gasteiger partial charge in [0.2, 0.25) is 0 Å². The van der Waals surface area contributed by atoms with Gasteiger partial charge < -0.3 is 24.4 Å². The van der Waals surface area contributed by atoms with Crippen LogP contribution < -0.4 is 9.47 Å². The third-order valence-corrected chi connectivity index (χ3v) is 5.94. The van der Waals surface area contributed by atoms with E-state index in [1.807, 2.05) is 25.1 Å². The van der Waals surface area contributed by atoms with Gasteiger partial charge in [-0.2, -0.15) is 0 Å². The Bertz CT molecular complexity index is 898. The number of hydrogen-bond donors (Lipinski definition) is 2. The van der Waals surface area contributed by atoms with Gasteiger partial charge in [0.25, 0.3) is 0 Å². The van der Waals surface area contributed by atoms with Crippen LogP contribution in [0.3, 0.4) is 0 Å². The second-order valence-electron chi connectivity index (χ2n) is 7.90. The van der Waals surface area contributed by atoms with Gasteiger partial charge in [0.15, 0.2) is 23.0 Å². The number of phenols is 2. The minimum Gasteiger partial charge on any atom is -0.504 e. The second-order valence-corrected chi connectivity index (χ2v) is 7.90. The third-order valence-electron chi connectivity index (χ3n) is 5.94. The van der Waals surface area contributed by atoms with E-state index in [-0.39, 0.29) is 17.5 Å². The average Bonchev–Trinajstić information content (AvgIpc) is 2.75. The Morgan fingerprint density at radius 2 is 1.87 bits per heavy atom. The summed E-state index contributed by atoms with van der Waals surface area (Å²) in [6, 6.07) is 7.79. The maximum absolute atomic E-state index is 10.5. The summed E-state index contributed by atoms with van der Waals surface area (Å²) in [5.41, 5.74) is 4.65. The van der Waals surface area contributed by atoms with E-state index in [0.29, 0.717) is 44.5 Å². The molecule has 0 aliphatic carbocycles. The van der Waals surface area contributed by atoms with Crippen molar-refractivity contribution in [2.24, 2.45) is 0 Å². The largest absolute Gasteiger partial charge is 0.504 e. The molecule has 1 atom stereocenters. The summed E-state index contributed by atoms with van der Waals surface area (Å²) in [6.45, 7) is 7.81. The van der Waals surface area contributed by atoms with Crippen molar-refractivity contribution in [3.63, 3.8) is 0 Å². The molecule has 2 heterocycles. The minimum atomic E-state index is 0.177. The summed E-state index contributed by atoms with van der Waals surface area (Å²) in [7, 11) is 0. The monoisotopic (exact) mass is 413 g/mol. The summed E-state index contributed by atoms with van der Waals surface area (Å²) < 4.78 is 17.0. The zero-order valence-corrected chi connectivity index (χ0v) is 17.8. The van der Waals surface area contributed by atoms with Gasteiger partial charge in [-0.1, -0.05) is 13.0 Å². The Morgan fingerprint density at radius 1 is 1.00 bits per heavy atom. The highest BCUT2D eigenvalue weighted by Crippen LogP contribution is 2.45. The molecule has 2 aromatic carbocycles. The van der Waals surface area contributed by atoms with Crippen molar-refractivity contribution >= 4 is 0 Å². The SMILES string of the molecule is CCCOc1cc2c(cc1O)[C@@H]1Cc3ccc(O)c(OCCOCC)c3CN1CC2. The van der Waals surface area contributed by atoms with Gasteiger partial charge in [0.05, 0.1) is 13.2 Å². The van der Waals surface area contributed by atoms with Gasteiger partial charge in [-0.25, -0.2) is 0 Å². The van der Waals surface area contributed by atoms with Crippen molar-refractivity contribution in [3.05, 3.63) is 46.5 Å². The number of phenolic OH excluding ortho intramolecular Hbond substituents is 2. The number of rotatable bonds is 8. The van der Waals surface area contributed by atoms with Gasteiger partial charge in [-0.15, -0.1) is 0 Å². The van der Waals surface area contributed by atoms with E-state index < -0.39 is 0 Å². The van der Waals surface area contributed by atoms with Crippen LogP contribution in [0.4, 0.5) is 0 Å². The van der Waals surface area contributed by atoms with Crippen LogP contribution in [0.2, 0.25) is 0 Å². The van der Waals surface area contributed by atoms with Crippen LogP contribution in [0, 0.1) is 0 Å². The Kier molecular flexibility index (Phi) is 6.35. The number of hydrogen-bond acceptors (Lipinski definition) is 6. The highest BCUT2D eigenvalue weighted by molar-refractivity contribution is 5.54. The van der Waals surface area contributed by atoms with Gasteiger partial charge in [-0.05, 0) is 61.1 Å². The van der Waals surface area contributed by atoms with E-state index in [0.717, 1.165) is 31.4 Å². The summed E-state index contributed by atoms with van der Waals surface area (Å²) in [5.74, 6) is 1.54. The maximum atomic E-state index is 10.5. The van der Waals surface area contributed by atoms with Crippen molar-refractivity contribution < 1.29 is 24.4 Å². The summed E-state index contributed by atoms with van der Waals surface area (Å²) in [6.07, 6.45) is 2.63. The molecular formula is C24H31NO5. The first-order valence-corrected chi connectivity index (χ1v) is 10.9. The van der Waals surface area contributed by atoms with Gasteiger partial charge >= 0.3 is 0 Å². The second kappa shape index (κ2) is 9.14. The van der Waals surface area contributed by atoms with Crippen molar-refractivity contribution in [2.75, 3.05) is 33.0 Å². The number of fused-ring (bicyclic) bond motifs is 4. The lowest BCUT2D eigenvalue weighted by atomic mass is 9.83. The third kappa shape index (κ3) is 4.07. The van der Waals surface area contributed by atoms with Crippen LogP contribution in [0.1, 0.15) is 48.6 Å². The lowest BCUT2D eigenvalue weighted by Crippen LogP contribution is -2.39. The molecule has 2 aliphatic rings. The molecule has 0 unspecified atom stereocenters. The maximum Gasteiger partial charge on any atom is 0.165 e. The number of aromatic hydroxyl groups is 2.